The summed E-state index contributed by atoms with van der Waals surface area (Å²) in [6.07, 6.45) is 0. The van der Waals surface area contributed by atoms with Crippen molar-refractivity contribution in [1.29, 1.82) is 0 Å². The Morgan fingerprint density at radius 3 is 1.91 bits per heavy atom. The van der Waals surface area contributed by atoms with Gasteiger partial charge in [-0.25, -0.2) is 0 Å². The van der Waals surface area contributed by atoms with Crippen LogP contribution in [0.2, 0.25) is 26.2 Å². The molecule has 4 heteroatoms. The maximum atomic E-state index is 2.54. The van der Waals surface area contributed by atoms with Crippen molar-refractivity contribution in [3.05, 3.63) is 164 Å². The standard InChI is InChI=1S/C50H39NSSi2/c1-53(2)45-19-10-8-16-40(45)43-30-35(25-28-46(43)53)51(34-22-20-33(21-23-34)38-17-11-13-32-12-5-6-14-37(32)38)36-24-26-42-48(31-36)54(3,4)47-29-27-41-39-15-7-9-18-44(39)52-50(41)49(42)47/h5-31H,1-4H3. The van der Waals surface area contributed by atoms with Gasteiger partial charge in [0.05, 0.1) is 0 Å². The first-order chi connectivity index (χ1) is 26.3. The van der Waals surface area contributed by atoms with Gasteiger partial charge in [-0.05, 0) is 107 Å². The summed E-state index contributed by atoms with van der Waals surface area (Å²) in [5.74, 6) is 0. The van der Waals surface area contributed by atoms with E-state index in [9.17, 15) is 0 Å². The molecule has 258 valence electrons. The topological polar surface area (TPSA) is 3.24 Å². The molecule has 0 fully saturated rings. The molecule has 2 aliphatic rings. The molecule has 0 spiro atoms. The van der Waals surface area contributed by atoms with Gasteiger partial charge in [0.1, 0.15) is 16.1 Å². The third-order valence-electron chi connectivity index (χ3n) is 12.5. The van der Waals surface area contributed by atoms with Gasteiger partial charge in [-0.3, -0.25) is 0 Å². The molecule has 11 rings (SSSR count). The van der Waals surface area contributed by atoms with Crippen molar-refractivity contribution in [2.75, 3.05) is 4.90 Å². The van der Waals surface area contributed by atoms with E-state index in [1.807, 2.05) is 11.3 Å². The highest BCUT2D eigenvalue weighted by Crippen LogP contribution is 2.45. The predicted molar refractivity (Wildman–Crippen MR) is 241 cm³/mol. The van der Waals surface area contributed by atoms with Crippen molar-refractivity contribution in [3.63, 3.8) is 0 Å². The Kier molecular flexibility index (Phi) is 6.80. The molecule has 1 nitrogen and oxygen atoms in total. The molecule has 0 bridgehead atoms. The summed E-state index contributed by atoms with van der Waals surface area (Å²) in [5.41, 5.74) is 11.8. The van der Waals surface area contributed by atoms with Crippen LogP contribution in [-0.2, 0) is 0 Å². The van der Waals surface area contributed by atoms with Crippen LogP contribution in [0, 0.1) is 0 Å². The fraction of sp³-hybridized carbons (Fsp3) is 0.0800. The molecule has 0 atom stereocenters. The Bertz CT molecular complexity index is 3000. The van der Waals surface area contributed by atoms with Gasteiger partial charge in [-0.15, -0.1) is 11.3 Å². The van der Waals surface area contributed by atoms with Crippen molar-refractivity contribution in [3.8, 4) is 33.4 Å². The van der Waals surface area contributed by atoms with Gasteiger partial charge in [-0.1, -0.05) is 148 Å². The van der Waals surface area contributed by atoms with Crippen molar-refractivity contribution in [1.82, 2.24) is 0 Å². The quantitative estimate of drug-likeness (QED) is 0.162. The highest BCUT2D eigenvalue weighted by atomic mass is 32.1. The van der Waals surface area contributed by atoms with Gasteiger partial charge >= 0.3 is 0 Å². The van der Waals surface area contributed by atoms with Gasteiger partial charge in [0.2, 0.25) is 0 Å². The lowest BCUT2D eigenvalue weighted by molar-refractivity contribution is 1.29. The predicted octanol–water partition coefficient (Wildman–Crippen LogP) is 12.0. The van der Waals surface area contributed by atoms with Crippen LogP contribution < -0.4 is 25.6 Å². The average Bonchev–Trinajstić information content (AvgIpc) is 3.78. The number of benzene rings is 8. The SMILES string of the molecule is C[Si]1(C)c2ccccc2-c2cc(N(c3ccc(-c4cccc5ccccc45)cc3)c3ccc4c(c3)[Si](C)(C)c3ccc5c(sc6ccccc65)c3-4)ccc21. The van der Waals surface area contributed by atoms with Crippen LogP contribution in [0.5, 0.6) is 0 Å². The van der Waals surface area contributed by atoms with E-state index in [-0.39, 0.29) is 0 Å². The first kappa shape index (κ1) is 32.0. The molecule has 8 aromatic carbocycles. The minimum Gasteiger partial charge on any atom is -0.310 e. The smallest absolute Gasteiger partial charge is 0.114 e. The van der Waals surface area contributed by atoms with Crippen molar-refractivity contribution >= 4 is 96.2 Å². The lowest BCUT2D eigenvalue weighted by Crippen LogP contribution is -2.49. The largest absolute Gasteiger partial charge is 0.310 e. The second-order valence-electron chi connectivity index (χ2n) is 16.1. The Hall–Kier alpha value is -5.53. The summed E-state index contributed by atoms with van der Waals surface area (Å²) in [6, 6.07) is 62.1. The first-order valence-electron chi connectivity index (χ1n) is 19.0. The highest BCUT2D eigenvalue weighted by molar-refractivity contribution is 7.26. The minimum atomic E-state index is -2.00. The second kappa shape index (κ2) is 11.5. The zero-order valence-corrected chi connectivity index (χ0v) is 33.8. The van der Waals surface area contributed by atoms with Crippen molar-refractivity contribution in [2.24, 2.45) is 0 Å². The number of hydrogen-bond donors (Lipinski definition) is 0. The van der Waals surface area contributed by atoms with Crippen LogP contribution >= 0.6 is 11.3 Å². The molecule has 0 aliphatic carbocycles. The number of anilines is 3. The van der Waals surface area contributed by atoms with E-state index in [0.29, 0.717) is 0 Å². The summed E-state index contributed by atoms with van der Waals surface area (Å²) in [5, 5.41) is 11.5. The van der Waals surface area contributed by atoms with Crippen molar-refractivity contribution in [2.45, 2.75) is 26.2 Å². The molecule has 0 radical (unpaired) electrons. The first-order valence-corrected chi connectivity index (χ1v) is 25.8. The zero-order chi connectivity index (χ0) is 36.3. The Morgan fingerprint density at radius 1 is 0.407 bits per heavy atom. The molecule has 9 aromatic rings. The Morgan fingerprint density at radius 2 is 1.04 bits per heavy atom. The third kappa shape index (κ3) is 4.48. The molecule has 0 unspecified atom stereocenters. The van der Waals surface area contributed by atoms with Gasteiger partial charge in [0.15, 0.2) is 0 Å². The fourth-order valence-corrected chi connectivity index (χ4v) is 17.2. The summed E-state index contributed by atoms with van der Waals surface area (Å²) in [4.78, 5) is 2.51. The van der Waals surface area contributed by atoms with Crippen molar-refractivity contribution < 1.29 is 0 Å². The van der Waals surface area contributed by atoms with Gasteiger partial charge in [0.25, 0.3) is 0 Å². The van der Waals surface area contributed by atoms with E-state index in [0.717, 1.165) is 0 Å². The Labute approximate surface area is 322 Å². The number of hydrogen-bond acceptors (Lipinski definition) is 2. The van der Waals surface area contributed by atoms with E-state index in [1.54, 1.807) is 10.4 Å². The summed E-state index contributed by atoms with van der Waals surface area (Å²) < 4.78 is 2.80. The molecule has 2 aliphatic heterocycles. The molecule has 0 amide bonds. The fourth-order valence-electron chi connectivity index (χ4n) is 9.69. The van der Waals surface area contributed by atoms with Crippen LogP contribution in [0.15, 0.2) is 164 Å². The van der Waals surface area contributed by atoms with Gasteiger partial charge < -0.3 is 4.90 Å². The summed E-state index contributed by atoms with van der Waals surface area (Å²) >= 11 is 1.96. The molecule has 0 saturated carbocycles. The maximum Gasteiger partial charge on any atom is 0.114 e. The number of rotatable bonds is 4. The summed E-state index contributed by atoms with van der Waals surface area (Å²) in [7, 11) is -3.79. The van der Waals surface area contributed by atoms with E-state index >= 15 is 0 Å². The van der Waals surface area contributed by atoms with Crippen LogP contribution in [0.4, 0.5) is 17.1 Å². The number of nitrogens with zero attached hydrogens (tertiary/aromatic N) is 1. The molecule has 1 aromatic heterocycles. The molecule has 54 heavy (non-hydrogen) atoms. The highest BCUT2D eigenvalue weighted by Gasteiger charge is 2.40. The monoisotopic (exact) mass is 741 g/mol. The third-order valence-corrected chi connectivity index (χ3v) is 20.8. The maximum absolute atomic E-state index is 2.54. The van der Waals surface area contributed by atoms with Gasteiger partial charge in [-0.2, -0.15) is 0 Å². The molecule has 0 N–H and O–H groups in total. The lowest BCUT2D eigenvalue weighted by atomic mass is 9.98. The molecular weight excluding hydrogens is 703 g/mol. The number of fused-ring (bicyclic) bond motifs is 11. The number of thiophene rings is 1. The van der Waals surface area contributed by atoms with Crippen LogP contribution in [0.1, 0.15) is 0 Å². The van der Waals surface area contributed by atoms with E-state index in [2.05, 4.69) is 195 Å². The molecule has 3 heterocycles. The Balaban J connectivity index is 1.10. The van der Waals surface area contributed by atoms with Gasteiger partial charge in [0, 0.05) is 37.2 Å². The van der Waals surface area contributed by atoms with Crippen LogP contribution in [0.25, 0.3) is 64.3 Å². The molecule has 0 saturated heterocycles. The van der Waals surface area contributed by atoms with Crippen LogP contribution in [-0.4, -0.2) is 16.1 Å². The zero-order valence-electron chi connectivity index (χ0n) is 30.9. The normalized spacial score (nSPS) is 14.6. The second-order valence-corrected chi connectivity index (χ2v) is 25.8. The minimum absolute atomic E-state index is 1.17. The van der Waals surface area contributed by atoms with Crippen LogP contribution in [0.3, 0.4) is 0 Å². The van der Waals surface area contributed by atoms with E-state index < -0.39 is 16.1 Å². The average molecular weight is 742 g/mol. The lowest BCUT2D eigenvalue weighted by Gasteiger charge is -2.28. The van der Waals surface area contributed by atoms with E-state index in [1.165, 1.54) is 91.8 Å². The van der Waals surface area contributed by atoms with E-state index in [4.69, 9.17) is 0 Å². The summed E-state index contributed by atoms with van der Waals surface area (Å²) in [6.45, 7) is 10.1. The molecular formula is C50H39NSSi2.